The summed E-state index contributed by atoms with van der Waals surface area (Å²) in [6.07, 6.45) is 0. The minimum atomic E-state index is -0.557. The van der Waals surface area contributed by atoms with E-state index in [1.807, 2.05) is 6.07 Å². The Morgan fingerprint density at radius 3 is 2.60 bits per heavy atom. The first-order valence-electron chi connectivity index (χ1n) is 5.92. The van der Waals surface area contributed by atoms with Crippen molar-refractivity contribution in [3.63, 3.8) is 0 Å². The highest BCUT2D eigenvalue weighted by atomic mass is 19.1. The lowest BCUT2D eigenvalue weighted by atomic mass is 10.1. The number of nitrogens with one attached hydrogen (secondary N) is 1. The third kappa shape index (κ3) is 2.52. The zero-order valence-electron chi connectivity index (χ0n) is 11.0. The molecule has 0 aliphatic carbocycles. The summed E-state index contributed by atoms with van der Waals surface area (Å²) in [6, 6.07) is 5.65. The summed E-state index contributed by atoms with van der Waals surface area (Å²) in [4.78, 5) is 23.7. The van der Waals surface area contributed by atoms with Crippen LogP contribution in [0.3, 0.4) is 0 Å². The number of aromatic nitrogens is 2. The molecule has 2 aromatic rings. The highest BCUT2D eigenvalue weighted by Crippen LogP contribution is 2.09. The van der Waals surface area contributed by atoms with Crippen molar-refractivity contribution in [1.82, 2.24) is 9.78 Å². The fraction of sp³-hybridized carbons (Fsp3) is 0.214. The maximum atomic E-state index is 13.3. The van der Waals surface area contributed by atoms with Crippen LogP contribution in [0.1, 0.15) is 22.3 Å². The van der Waals surface area contributed by atoms with E-state index in [2.05, 4.69) is 5.10 Å². The fourth-order valence-corrected chi connectivity index (χ4v) is 1.89. The van der Waals surface area contributed by atoms with E-state index >= 15 is 0 Å². The number of H-pyrrole nitrogens is 1. The Bertz CT molecular complexity index is 828. The van der Waals surface area contributed by atoms with Gasteiger partial charge in [-0.1, -0.05) is 0 Å². The smallest absolute Gasteiger partial charge is 0.268 e. The lowest BCUT2D eigenvalue weighted by Gasteiger charge is -2.08. The molecule has 0 unspecified atom stereocenters. The SMILES string of the molecule is Cc1c(C)c(=O)n(Cc2cc(F)cc(C#N)c2)[nH]c1=O. The Balaban J connectivity index is 2.51. The van der Waals surface area contributed by atoms with Crippen LogP contribution in [0.2, 0.25) is 0 Å². The van der Waals surface area contributed by atoms with Crippen LogP contribution in [0.25, 0.3) is 0 Å². The minimum Gasteiger partial charge on any atom is -0.268 e. The molecule has 0 aliphatic heterocycles. The molecular formula is C14H12FN3O2. The van der Waals surface area contributed by atoms with Gasteiger partial charge in [-0.15, -0.1) is 0 Å². The van der Waals surface area contributed by atoms with Gasteiger partial charge in [0, 0.05) is 11.1 Å². The van der Waals surface area contributed by atoms with Crippen LogP contribution in [-0.2, 0) is 6.54 Å². The van der Waals surface area contributed by atoms with E-state index in [1.54, 1.807) is 13.8 Å². The van der Waals surface area contributed by atoms with E-state index in [-0.39, 0.29) is 23.2 Å². The predicted molar refractivity (Wildman–Crippen MR) is 71.0 cm³/mol. The van der Waals surface area contributed by atoms with Crippen molar-refractivity contribution in [2.24, 2.45) is 0 Å². The number of hydrogen-bond acceptors (Lipinski definition) is 3. The Morgan fingerprint density at radius 1 is 1.25 bits per heavy atom. The van der Waals surface area contributed by atoms with Gasteiger partial charge >= 0.3 is 0 Å². The molecule has 20 heavy (non-hydrogen) atoms. The number of nitriles is 1. The molecule has 0 amide bonds. The summed E-state index contributed by atoms with van der Waals surface area (Å²) < 4.78 is 14.4. The molecule has 0 aliphatic rings. The third-order valence-corrected chi connectivity index (χ3v) is 3.13. The van der Waals surface area contributed by atoms with E-state index in [9.17, 15) is 14.0 Å². The fourth-order valence-electron chi connectivity index (χ4n) is 1.89. The topological polar surface area (TPSA) is 78.7 Å². The zero-order valence-corrected chi connectivity index (χ0v) is 11.0. The second-order valence-electron chi connectivity index (χ2n) is 4.54. The number of hydrogen-bond donors (Lipinski definition) is 1. The third-order valence-electron chi connectivity index (χ3n) is 3.13. The quantitative estimate of drug-likeness (QED) is 0.893. The summed E-state index contributed by atoms with van der Waals surface area (Å²) in [7, 11) is 0. The van der Waals surface area contributed by atoms with Gasteiger partial charge in [0.1, 0.15) is 5.82 Å². The van der Waals surface area contributed by atoms with Crippen molar-refractivity contribution < 1.29 is 4.39 Å². The Morgan fingerprint density at radius 2 is 1.95 bits per heavy atom. The molecule has 0 saturated heterocycles. The summed E-state index contributed by atoms with van der Waals surface area (Å²) in [5.41, 5.74) is 0.611. The van der Waals surface area contributed by atoms with Crippen molar-refractivity contribution in [1.29, 1.82) is 5.26 Å². The van der Waals surface area contributed by atoms with E-state index in [0.29, 0.717) is 16.7 Å². The Kier molecular flexibility index (Phi) is 3.53. The predicted octanol–water partition coefficient (Wildman–Crippen LogP) is 1.21. The van der Waals surface area contributed by atoms with Crippen LogP contribution >= 0.6 is 0 Å². The summed E-state index contributed by atoms with van der Waals surface area (Å²) >= 11 is 0. The molecular weight excluding hydrogens is 261 g/mol. The van der Waals surface area contributed by atoms with Crippen LogP contribution in [-0.4, -0.2) is 9.78 Å². The number of aromatic amines is 1. The zero-order chi connectivity index (χ0) is 14.9. The lowest BCUT2D eigenvalue weighted by Crippen LogP contribution is -2.33. The number of rotatable bonds is 2. The number of halogens is 1. The molecule has 0 fully saturated rings. The molecule has 0 radical (unpaired) electrons. The molecule has 102 valence electrons. The first-order valence-corrected chi connectivity index (χ1v) is 5.92. The van der Waals surface area contributed by atoms with E-state index in [0.717, 1.165) is 10.7 Å². The maximum Gasteiger partial charge on any atom is 0.268 e. The molecule has 1 heterocycles. The van der Waals surface area contributed by atoms with Crippen LogP contribution in [0, 0.1) is 31.0 Å². The molecule has 0 atom stereocenters. The molecule has 2 rings (SSSR count). The average Bonchev–Trinajstić information content (AvgIpc) is 2.41. The molecule has 1 N–H and O–H groups in total. The lowest BCUT2D eigenvalue weighted by molar-refractivity contribution is 0.601. The second-order valence-corrected chi connectivity index (χ2v) is 4.54. The number of nitrogens with zero attached hydrogens (tertiary/aromatic N) is 2. The van der Waals surface area contributed by atoms with Gasteiger partial charge < -0.3 is 0 Å². The Labute approximate surface area is 113 Å². The summed E-state index contributed by atoms with van der Waals surface area (Å²) in [5.74, 6) is -0.557. The summed E-state index contributed by atoms with van der Waals surface area (Å²) in [6.45, 7) is 3.13. The number of benzene rings is 1. The van der Waals surface area contributed by atoms with Crippen LogP contribution in [0.4, 0.5) is 4.39 Å². The average molecular weight is 273 g/mol. The monoisotopic (exact) mass is 273 g/mol. The normalized spacial score (nSPS) is 10.3. The molecule has 0 bridgehead atoms. The second kappa shape index (κ2) is 5.13. The van der Waals surface area contributed by atoms with Crippen molar-refractivity contribution in [2.45, 2.75) is 20.4 Å². The van der Waals surface area contributed by atoms with E-state index in [1.165, 1.54) is 12.1 Å². The standard InChI is InChI=1S/C14H12FN3O2/c1-8-9(2)14(20)18(17-13(8)19)7-11-3-10(6-16)4-12(15)5-11/h3-5H,7H2,1-2H3,(H,17,19). The van der Waals surface area contributed by atoms with E-state index < -0.39 is 5.82 Å². The van der Waals surface area contributed by atoms with Crippen molar-refractivity contribution >= 4 is 0 Å². The molecule has 0 saturated carbocycles. The maximum absolute atomic E-state index is 13.3. The van der Waals surface area contributed by atoms with Crippen molar-refractivity contribution in [3.05, 3.63) is 67.0 Å². The van der Waals surface area contributed by atoms with Crippen LogP contribution in [0.5, 0.6) is 0 Å². The molecule has 1 aromatic heterocycles. The highest BCUT2D eigenvalue weighted by molar-refractivity contribution is 5.33. The van der Waals surface area contributed by atoms with Gasteiger partial charge in [0.2, 0.25) is 0 Å². The minimum absolute atomic E-state index is 0.00162. The first kappa shape index (κ1) is 13.7. The molecule has 0 spiro atoms. The Hall–Kier alpha value is -2.68. The van der Waals surface area contributed by atoms with Gasteiger partial charge in [-0.2, -0.15) is 5.26 Å². The van der Waals surface area contributed by atoms with Crippen LogP contribution < -0.4 is 11.1 Å². The largest absolute Gasteiger partial charge is 0.268 e. The first-order chi connectivity index (χ1) is 9.42. The van der Waals surface area contributed by atoms with Crippen molar-refractivity contribution in [3.8, 4) is 6.07 Å². The van der Waals surface area contributed by atoms with Gasteiger partial charge in [-0.3, -0.25) is 14.7 Å². The van der Waals surface area contributed by atoms with Crippen LogP contribution in [0.15, 0.2) is 27.8 Å². The van der Waals surface area contributed by atoms with E-state index in [4.69, 9.17) is 5.26 Å². The van der Waals surface area contributed by atoms with Gasteiger partial charge in [-0.25, -0.2) is 9.07 Å². The molecule has 5 nitrogen and oxygen atoms in total. The highest BCUT2D eigenvalue weighted by Gasteiger charge is 2.08. The van der Waals surface area contributed by atoms with Crippen molar-refractivity contribution in [2.75, 3.05) is 0 Å². The van der Waals surface area contributed by atoms with Gasteiger partial charge in [0.25, 0.3) is 11.1 Å². The van der Waals surface area contributed by atoms with Gasteiger partial charge in [0.05, 0.1) is 18.2 Å². The molecule has 1 aromatic carbocycles. The van der Waals surface area contributed by atoms with Gasteiger partial charge in [0.15, 0.2) is 0 Å². The summed E-state index contributed by atoms with van der Waals surface area (Å²) in [5, 5.41) is 11.2. The van der Waals surface area contributed by atoms with Gasteiger partial charge in [-0.05, 0) is 37.6 Å². The molecule has 6 heteroatoms.